The number of tetrazole rings is 1. The van der Waals surface area contributed by atoms with Crippen molar-refractivity contribution in [3.63, 3.8) is 0 Å². The Bertz CT molecular complexity index is 523. The number of carbonyl (C=O) groups is 1. The Kier molecular flexibility index (Phi) is 4.11. The maximum atomic E-state index is 11.7. The molecule has 100 valence electrons. The molecule has 0 fully saturated rings. The molecular weight excluding hydrogens is 252 g/mol. The molecule has 0 saturated heterocycles. The van der Waals surface area contributed by atoms with Gasteiger partial charge in [0.1, 0.15) is 5.69 Å². The molecule has 0 saturated carbocycles. The van der Waals surface area contributed by atoms with E-state index in [9.17, 15) is 4.79 Å². The Morgan fingerprint density at radius 3 is 2.68 bits per heavy atom. The fourth-order valence-corrected chi connectivity index (χ4v) is 1.35. The maximum Gasteiger partial charge on any atom is 0.253 e. The first-order valence-corrected chi connectivity index (χ1v) is 5.47. The highest BCUT2D eigenvalue weighted by Gasteiger charge is 2.13. The van der Waals surface area contributed by atoms with Crippen LogP contribution in [0, 0.1) is 0 Å². The van der Waals surface area contributed by atoms with Gasteiger partial charge in [0.15, 0.2) is 0 Å². The standard InChI is InChI=1S/C10H12N6O3/c17-4-7(5-18)12-10(19)6-1-2-8(11-3-6)9-13-15-16-14-9/h1-3,7,17-18H,4-5H2,(H,12,19)(H,13,14,15,16). The second-order valence-corrected chi connectivity index (χ2v) is 3.70. The van der Waals surface area contributed by atoms with Crippen LogP contribution in [-0.4, -0.2) is 61.0 Å². The molecule has 1 amide bonds. The molecule has 0 atom stereocenters. The zero-order valence-electron chi connectivity index (χ0n) is 9.82. The lowest BCUT2D eigenvalue weighted by Gasteiger charge is -2.12. The number of H-pyrrole nitrogens is 1. The second kappa shape index (κ2) is 5.98. The molecule has 9 heteroatoms. The Labute approximate surface area is 107 Å². The van der Waals surface area contributed by atoms with Gasteiger partial charge in [-0.05, 0) is 17.3 Å². The fourth-order valence-electron chi connectivity index (χ4n) is 1.35. The third kappa shape index (κ3) is 3.09. The average Bonchev–Trinajstić information content (AvgIpc) is 2.99. The summed E-state index contributed by atoms with van der Waals surface area (Å²) in [4.78, 5) is 15.8. The first kappa shape index (κ1) is 13.1. The van der Waals surface area contributed by atoms with Crippen molar-refractivity contribution in [3.8, 4) is 11.5 Å². The summed E-state index contributed by atoms with van der Waals surface area (Å²) in [6.07, 6.45) is 1.35. The summed E-state index contributed by atoms with van der Waals surface area (Å²) in [5, 5.41) is 33.4. The number of aliphatic hydroxyl groups excluding tert-OH is 2. The van der Waals surface area contributed by atoms with Gasteiger partial charge >= 0.3 is 0 Å². The monoisotopic (exact) mass is 264 g/mol. The molecule has 4 N–H and O–H groups in total. The van der Waals surface area contributed by atoms with Crippen LogP contribution in [0.15, 0.2) is 18.3 Å². The SMILES string of the molecule is O=C(NC(CO)CO)c1ccc(-c2nn[nH]n2)nc1. The lowest BCUT2D eigenvalue weighted by atomic mass is 10.2. The van der Waals surface area contributed by atoms with Gasteiger partial charge in [0.2, 0.25) is 5.82 Å². The van der Waals surface area contributed by atoms with E-state index in [0.29, 0.717) is 17.1 Å². The van der Waals surface area contributed by atoms with Crippen LogP contribution in [0.4, 0.5) is 0 Å². The number of hydrogen-bond acceptors (Lipinski definition) is 7. The van der Waals surface area contributed by atoms with E-state index in [-0.39, 0.29) is 13.2 Å². The first-order valence-electron chi connectivity index (χ1n) is 5.47. The molecule has 2 rings (SSSR count). The van der Waals surface area contributed by atoms with Gasteiger partial charge in [-0.3, -0.25) is 9.78 Å². The van der Waals surface area contributed by atoms with E-state index in [1.54, 1.807) is 12.1 Å². The normalized spacial score (nSPS) is 10.7. The number of aliphatic hydroxyl groups is 2. The van der Waals surface area contributed by atoms with E-state index in [0.717, 1.165) is 0 Å². The lowest BCUT2D eigenvalue weighted by Crippen LogP contribution is -2.40. The van der Waals surface area contributed by atoms with Gasteiger partial charge in [0, 0.05) is 6.20 Å². The van der Waals surface area contributed by atoms with E-state index in [4.69, 9.17) is 10.2 Å². The molecular formula is C10H12N6O3. The highest BCUT2D eigenvalue weighted by atomic mass is 16.3. The predicted molar refractivity (Wildman–Crippen MR) is 62.8 cm³/mol. The van der Waals surface area contributed by atoms with Gasteiger partial charge < -0.3 is 15.5 Å². The number of rotatable bonds is 5. The lowest BCUT2D eigenvalue weighted by molar-refractivity contribution is 0.0879. The molecule has 2 aromatic heterocycles. The molecule has 0 aliphatic rings. The Morgan fingerprint density at radius 2 is 2.16 bits per heavy atom. The number of nitrogens with zero attached hydrogens (tertiary/aromatic N) is 4. The van der Waals surface area contributed by atoms with Crippen molar-refractivity contribution in [2.75, 3.05) is 13.2 Å². The summed E-state index contributed by atoms with van der Waals surface area (Å²) in [6, 6.07) is 2.43. The molecule has 0 aliphatic heterocycles. The minimum Gasteiger partial charge on any atom is -0.394 e. The van der Waals surface area contributed by atoms with Gasteiger partial charge in [-0.25, -0.2) is 0 Å². The number of amides is 1. The average molecular weight is 264 g/mol. The molecule has 0 bridgehead atoms. The summed E-state index contributed by atoms with van der Waals surface area (Å²) < 4.78 is 0. The highest BCUT2D eigenvalue weighted by molar-refractivity contribution is 5.94. The molecule has 2 heterocycles. The molecule has 0 radical (unpaired) electrons. The third-order valence-electron chi connectivity index (χ3n) is 2.38. The van der Waals surface area contributed by atoms with Crippen LogP contribution in [0.1, 0.15) is 10.4 Å². The van der Waals surface area contributed by atoms with Crippen molar-refractivity contribution in [1.82, 2.24) is 30.9 Å². The minimum atomic E-state index is -0.690. The number of carbonyl (C=O) groups excluding carboxylic acids is 1. The molecule has 2 aromatic rings. The van der Waals surface area contributed by atoms with Crippen molar-refractivity contribution in [3.05, 3.63) is 23.9 Å². The zero-order chi connectivity index (χ0) is 13.7. The van der Waals surface area contributed by atoms with E-state index >= 15 is 0 Å². The molecule has 0 unspecified atom stereocenters. The molecule has 0 aliphatic carbocycles. The number of hydrogen-bond donors (Lipinski definition) is 4. The van der Waals surface area contributed by atoms with E-state index < -0.39 is 11.9 Å². The van der Waals surface area contributed by atoms with Gasteiger partial charge in [0.25, 0.3) is 5.91 Å². The van der Waals surface area contributed by atoms with Crippen LogP contribution >= 0.6 is 0 Å². The number of aromatic amines is 1. The summed E-state index contributed by atoms with van der Waals surface area (Å²) in [6.45, 7) is -0.673. The Morgan fingerprint density at radius 1 is 1.37 bits per heavy atom. The van der Waals surface area contributed by atoms with E-state index in [2.05, 4.69) is 30.9 Å². The van der Waals surface area contributed by atoms with Crippen LogP contribution in [0.2, 0.25) is 0 Å². The van der Waals surface area contributed by atoms with Gasteiger partial charge in [-0.1, -0.05) is 0 Å². The minimum absolute atomic E-state index is 0.305. The summed E-state index contributed by atoms with van der Waals surface area (Å²) in [5.74, 6) is -0.101. The Balaban J connectivity index is 2.08. The van der Waals surface area contributed by atoms with Gasteiger partial charge in [-0.15, -0.1) is 10.2 Å². The highest BCUT2D eigenvalue weighted by Crippen LogP contribution is 2.10. The number of nitrogens with one attached hydrogen (secondary N) is 2. The van der Waals surface area contributed by atoms with Crippen molar-refractivity contribution in [1.29, 1.82) is 0 Å². The zero-order valence-corrected chi connectivity index (χ0v) is 9.82. The van der Waals surface area contributed by atoms with E-state index in [1.807, 2.05) is 0 Å². The largest absolute Gasteiger partial charge is 0.394 e. The second-order valence-electron chi connectivity index (χ2n) is 3.70. The van der Waals surface area contributed by atoms with Crippen molar-refractivity contribution in [2.24, 2.45) is 0 Å². The third-order valence-corrected chi connectivity index (χ3v) is 2.38. The predicted octanol–water partition coefficient (Wildman–Crippen LogP) is -1.66. The van der Waals surface area contributed by atoms with Crippen LogP contribution in [0.25, 0.3) is 11.5 Å². The fraction of sp³-hybridized carbons (Fsp3) is 0.300. The molecule has 19 heavy (non-hydrogen) atoms. The van der Waals surface area contributed by atoms with E-state index in [1.165, 1.54) is 6.20 Å². The van der Waals surface area contributed by atoms with Crippen molar-refractivity contribution >= 4 is 5.91 Å². The van der Waals surface area contributed by atoms with Gasteiger partial charge in [0.05, 0.1) is 24.8 Å². The number of aromatic nitrogens is 5. The van der Waals surface area contributed by atoms with Crippen molar-refractivity contribution < 1.29 is 15.0 Å². The smallest absolute Gasteiger partial charge is 0.253 e. The Hall–Kier alpha value is -2.39. The topological polar surface area (TPSA) is 137 Å². The maximum absolute atomic E-state index is 11.7. The summed E-state index contributed by atoms with van der Waals surface area (Å²) >= 11 is 0. The molecule has 9 nitrogen and oxygen atoms in total. The van der Waals surface area contributed by atoms with Crippen LogP contribution in [-0.2, 0) is 0 Å². The van der Waals surface area contributed by atoms with Crippen LogP contribution < -0.4 is 5.32 Å². The van der Waals surface area contributed by atoms with Crippen LogP contribution in [0.3, 0.4) is 0 Å². The molecule has 0 aromatic carbocycles. The summed E-state index contributed by atoms with van der Waals surface area (Å²) in [5.41, 5.74) is 0.783. The quantitative estimate of drug-likeness (QED) is 0.507. The summed E-state index contributed by atoms with van der Waals surface area (Å²) in [7, 11) is 0. The van der Waals surface area contributed by atoms with Crippen LogP contribution in [0.5, 0.6) is 0 Å². The van der Waals surface area contributed by atoms with Crippen molar-refractivity contribution in [2.45, 2.75) is 6.04 Å². The first-order chi connectivity index (χ1) is 9.24. The number of pyridine rings is 1. The van der Waals surface area contributed by atoms with Gasteiger partial charge in [-0.2, -0.15) is 5.21 Å². The molecule has 0 spiro atoms.